The SMILES string of the molecule is C[I-]O[C@@H]1O[C@H](CO)[C@H](O)[C@H](O)[C@H]1O. The summed E-state index contributed by atoms with van der Waals surface area (Å²) in [4.78, 5) is 1.82. The summed E-state index contributed by atoms with van der Waals surface area (Å²) in [6.45, 7) is -0.424. The maximum atomic E-state index is 9.43. The Labute approximate surface area is 92.3 Å². The molecule has 1 rings (SSSR count). The average molecular weight is 321 g/mol. The van der Waals surface area contributed by atoms with Gasteiger partial charge in [-0.05, 0) is 0 Å². The predicted octanol–water partition coefficient (Wildman–Crippen LogP) is -5.56. The van der Waals surface area contributed by atoms with Crippen LogP contribution in [0, 0.1) is 0 Å². The molecule has 1 aliphatic heterocycles. The first-order valence-corrected chi connectivity index (χ1v) is 7.11. The number of rotatable bonds is 3. The molecule has 6 nitrogen and oxygen atoms in total. The van der Waals surface area contributed by atoms with E-state index in [2.05, 4.69) is 0 Å². The molecule has 0 unspecified atom stereocenters. The third-order valence-electron chi connectivity index (χ3n) is 2.03. The zero-order valence-corrected chi connectivity index (χ0v) is 9.73. The van der Waals surface area contributed by atoms with Crippen LogP contribution in [0.1, 0.15) is 0 Å². The summed E-state index contributed by atoms with van der Waals surface area (Å²) in [5.74, 6) is 0. The van der Waals surface area contributed by atoms with E-state index < -0.39 is 58.9 Å². The number of aliphatic hydroxyl groups is 4. The van der Waals surface area contributed by atoms with Crippen molar-refractivity contribution in [3.63, 3.8) is 0 Å². The van der Waals surface area contributed by atoms with Crippen LogP contribution in [-0.4, -0.2) is 62.7 Å². The molecule has 0 aromatic rings. The average Bonchev–Trinajstić information content (AvgIpc) is 2.19. The van der Waals surface area contributed by atoms with E-state index in [0.717, 1.165) is 0 Å². The van der Waals surface area contributed by atoms with Crippen LogP contribution in [-0.2, 0) is 7.80 Å². The summed E-state index contributed by atoms with van der Waals surface area (Å²) in [6, 6.07) is 0. The van der Waals surface area contributed by atoms with Crippen LogP contribution in [0.4, 0.5) is 0 Å². The maximum absolute atomic E-state index is 9.43. The summed E-state index contributed by atoms with van der Waals surface area (Å²) in [7, 11) is 0. The monoisotopic (exact) mass is 321 g/mol. The fraction of sp³-hybridized carbons (Fsp3) is 1.00. The third kappa shape index (κ3) is 2.54. The summed E-state index contributed by atoms with van der Waals surface area (Å²) in [5.41, 5.74) is 0. The second-order valence-electron chi connectivity index (χ2n) is 2.94. The Morgan fingerprint density at radius 2 is 1.86 bits per heavy atom. The first-order chi connectivity index (χ1) is 6.61. The van der Waals surface area contributed by atoms with Gasteiger partial charge in [-0.3, -0.25) is 0 Å². The number of hydrogen-bond acceptors (Lipinski definition) is 6. The first-order valence-electron chi connectivity index (χ1n) is 4.07. The van der Waals surface area contributed by atoms with E-state index in [1.54, 1.807) is 0 Å². The Morgan fingerprint density at radius 1 is 1.21 bits per heavy atom. The van der Waals surface area contributed by atoms with Crippen LogP contribution in [0.25, 0.3) is 0 Å². The fourth-order valence-corrected chi connectivity index (χ4v) is 2.15. The molecular formula is C7H14IO6-. The number of alkyl halides is 1. The number of hydrogen-bond donors (Lipinski definition) is 4. The van der Waals surface area contributed by atoms with E-state index in [1.807, 2.05) is 4.93 Å². The van der Waals surface area contributed by atoms with Gasteiger partial charge in [0.1, 0.15) is 0 Å². The summed E-state index contributed by atoms with van der Waals surface area (Å²) >= 11 is -0.563. The molecule has 1 saturated heterocycles. The van der Waals surface area contributed by atoms with Crippen molar-refractivity contribution in [1.82, 2.24) is 0 Å². The van der Waals surface area contributed by atoms with E-state index in [9.17, 15) is 15.3 Å². The molecule has 0 bridgehead atoms. The van der Waals surface area contributed by atoms with Crippen molar-refractivity contribution in [2.45, 2.75) is 30.7 Å². The van der Waals surface area contributed by atoms with Gasteiger partial charge in [-0.2, -0.15) is 0 Å². The minimum atomic E-state index is -1.35. The van der Waals surface area contributed by atoms with Crippen molar-refractivity contribution in [3.05, 3.63) is 0 Å². The van der Waals surface area contributed by atoms with Crippen LogP contribution in [0.2, 0.25) is 0 Å². The van der Waals surface area contributed by atoms with Gasteiger partial charge in [-0.15, -0.1) is 0 Å². The van der Waals surface area contributed by atoms with Crippen LogP contribution in [0.5, 0.6) is 0 Å². The third-order valence-corrected chi connectivity index (χ3v) is 3.04. The van der Waals surface area contributed by atoms with Crippen molar-refractivity contribution in [2.24, 2.45) is 0 Å². The number of ether oxygens (including phenoxy) is 1. The molecular weight excluding hydrogens is 307 g/mol. The van der Waals surface area contributed by atoms with E-state index in [1.165, 1.54) is 0 Å². The molecule has 4 N–H and O–H groups in total. The van der Waals surface area contributed by atoms with Crippen LogP contribution < -0.4 is 21.6 Å². The summed E-state index contributed by atoms with van der Waals surface area (Å²) in [6.07, 6.45) is -5.77. The quantitative estimate of drug-likeness (QED) is 0.306. The molecule has 0 aromatic carbocycles. The van der Waals surface area contributed by atoms with Crippen LogP contribution in [0.3, 0.4) is 0 Å². The Morgan fingerprint density at radius 3 is 2.36 bits per heavy atom. The van der Waals surface area contributed by atoms with Gasteiger partial charge in [0.2, 0.25) is 0 Å². The van der Waals surface area contributed by atoms with Gasteiger partial charge in [0.25, 0.3) is 0 Å². The van der Waals surface area contributed by atoms with Crippen LogP contribution in [0.15, 0.2) is 0 Å². The summed E-state index contributed by atoms with van der Waals surface area (Å²) in [5, 5.41) is 37.0. The number of halogens is 1. The minimum absolute atomic E-state index is 0.424. The van der Waals surface area contributed by atoms with Crippen LogP contribution >= 0.6 is 0 Å². The van der Waals surface area contributed by atoms with Gasteiger partial charge in [0.15, 0.2) is 0 Å². The van der Waals surface area contributed by atoms with E-state index >= 15 is 0 Å². The normalized spacial score (nSPS) is 44.2. The zero-order valence-electron chi connectivity index (χ0n) is 7.58. The molecule has 0 aromatic heterocycles. The molecule has 0 spiro atoms. The Hall–Kier alpha value is 0.490. The van der Waals surface area contributed by atoms with E-state index in [4.69, 9.17) is 12.9 Å². The standard InChI is InChI=1S/C7H14IO6/c1-8-14-7-6(12)5(11)4(10)3(2-9)13-7/h3-7,9-12H,2H2,1H3/q-1/t3-,4+,5+,6-,7+/m1/s1. The topological polar surface area (TPSA) is 99.4 Å². The Kier molecular flexibility index (Phi) is 4.97. The zero-order chi connectivity index (χ0) is 10.7. The summed E-state index contributed by atoms with van der Waals surface area (Å²) < 4.78 is 10.2. The van der Waals surface area contributed by atoms with Gasteiger partial charge in [0, 0.05) is 0 Å². The molecule has 1 fully saturated rings. The van der Waals surface area contributed by atoms with Gasteiger partial charge in [-0.25, -0.2) is 0 Å². The molecule has 0 amide bonds. The van der Waals surface area contributed by atoms with E-state index in [-0.39, 0.29) is 0 Å². The predicted molar refractivity (Wildman–Crippen MR) is 40.8 cm³/mol. The Bertz CT molecular complexity index is 176. The number of aliphatic hydroxyl groups excluding tert-OH is 4. The molecule has 0 radical (unpaired) electrons. The molecule has 1 aliphatic rings. The second-order valence-corrected chi connectivity index (χ2v) is 4.33. The second kappa shape index (κ2) is 5.54. The molecule has 7 heteroatoms. The van der Waals surface area contributed by atoms with Gasteiger partial charge in [-0.1, -0.05) is 0 Å². The molecule has 1 heterocycles. The molecule has 86 valence electrons. The van der Waals surface area contributed by atoms with Gasteiger partial charge >= 0.3 is 92.1 Å². The van der Waals surface area contributed by atoms with E-state index in [0.29, 0.717) is 0 Å². The van der Waals surface area contributed by atoms with Crippen molar-refractivity contribution < 1.29 is 49.8 Å². The van der Waals surface area contributed by atoms with Crippen molar-refractivity contribution in [1.29, 1.82) is 0 Å². The van der Waals surface area contributed by atoms with Gasteiger partial charge < -0.3 is 0 Å². The first kappa shape index (κ1) is 12.6. The molecule has 14 heavy (non-hydrogen) atoms. The van der Waals surface area contributed by atoms with Gasteiger partial charge in [0.05, 0.1) is 0 Å². The molecule has 0 aliphatic carbocycles. The molecule has 5 atom stereocenters. The van der Waals surface area contributed by atoms with Crippen molar-refractivity contribution in [3.8, 4) is 0 Å². The van der Waals surface area contributed by atoms with Crippen molar-refractivity contribution in [2.75, 3.05) is 11.5 Å². The fourth-order valence-electron chi connectivity index (χ4n) is 1.23. The Balaban J connectivity index is 2.63. The molecule has 0 saturated carbocycles. The van der Waals surface area contributed by atoms with Crippen molar-refractivity contribution >= 4 is 0 Å².